The number of amides is 1. The molecule has 4 nitrogen and oxygen atoms in total. The fourth-order valence-corrected chi connectivity index (χ4v) is 3.20. The summed E-state index contributed by atoms with van der Waals surface area (Å²) in [6.07, 6.45) is 5.46. The maximum Gasteiger partial charge on any atom is 0.259 e. The zero-order valence-corrected chi connectivity index (χ0v) is 14.1. The molecule has 2 heterocycles. The zero-order valence-electron chi connectivity index (χ0n) is 11.8. The molecule has 1 amide bonds. The van der Waals surface area contributed by atoms with Crippen LogP contribution in [0.5, 0.6) is 0 Å². The molecule has 1 N–H and O–H groups in total. The van der Waals surface area contributed by atoms with E-state index in [9.17, 15) is 4.79 Å². The highest BCUT2D eigenvalue weighted by atomic mass is 35.5. The first-order chi connectivity index (χ1) is 11.1. The normalized spacial score (nSPS) is 10.5. The van der Waals surface area contributed by atoms with Gasteiger partial charge in [0.1, 0.15) is 0 Å². The molecular weight excluding hydrogens is 353 g/mol. The number of hydrogen-bond donors (Lipinski definition) is 1. The molecule has 0 fully saturated rings. The van der Waals surface area contributed by atoms with Gasteiger partial charge in [0, 0.05) is 29.9 Å². The average Bonchev–Trinajstić information content (AvgIpc) is 3.00. The second kappa shape index (κ2) is 7.08. The predicted octanol–water partition coefficient (Wildman–Crippen LogP) is 4.69. The molecule has 1 aromatic carbocycles. The molecule has 23 heavy (non-hydrogen) atoms. The summed E-state index contributed by atoms with van der Waals surface area (Å²) in [7, 11) is 0. The first-order valence-corrected chi connectivity index (χ1v) is 8.29. The van der Waals surface area contributed by atoms with Crippen molar-refractivity contribution in [2.24, 2.45) is 0 Å². The SMILES string of the molecule is O=C(Nc1ncc(Cc2cccc(Cl)c2Cl)s1)c1cccnc1. The molecule has 116 valence electrons. The first kappa shape index (κ1) is 15.9. The van der Waals surface area contributed by atoms with Crippen LogP contribution in [-0.4, -0.2) is 15.9 Å². The summed E-state index contributed by atoms with van der Waals surface area (Å²) in [5.41, 5.74) is 1.41. The molecular formula is C16H11Cl2N3OS. The summed E-state index contributed by atoms with van der Waals surface area (Å²) in [6, 6.07) is 8.93. The summed E-state index contributed by atoms with van der Waals surface area (Å²) in [6.45, 7) is 0. The van der Waals surface area contributed by atoms with Crippen LogP contribution in [0, 0.1) is 0 Å². The second-order valence-electron chi connectivity index (χ2n) is 4.72. The Bertz CT molecular complexity index is 836. The van der Waals surface area contributed by atoms with Gasteiger partial charge in [0.05, 0.1) is 15.6 Å². The fourth-order valence-electron chi connectivity index (χ4n) is 1.99. The second-order valence-corrected chi connectivity index (χ2v) is 6.62. The molecule has 7 heteroatoms. The molecule has 0 unspecified atom stereocenters. The van der Waals surface area contributed by atoms with Crippen LogP contribution in [0.4, 0.5) is 5.13 Å². The molecule has 3 rings (SSSR count). The Morgan fingerprint density at radius 1 is 1.17 bits per heavy atom. The van der Waals surface area contributed by atoms with E-state index < -0.39 is 0 Å². The van der Waals surface area contributed by atoms with Crippen molar-refractivity contribution in [3.8, 4) is 0 Å². The number of nitrogens with one attached hydrogen (secondary N) is 1. The van der Waals surface area contributed by atoms with E-state index in [0.717, 1.165) is 10.4 Å². The Morgan fingerprint density at radius 3 is 2.83 bits per heavy atom. The average molecular weight is 364 g/mol. The molecule has 2 aromatic heterocycles. The van der Waals surface area contributed by atoms with Crippen LogP contribution in [0.1, 0.15) is 20.8 Å². The van der Waals surface area contributed by atoms with Crippen molar-refractivity contribution in [2.45, 2.75) is 6.42 Å². The Kier molecular flexibility index (Phi) is 4.91. The predicted molar refractivity (Wildman–Crippen MR) is 93.6 cm³/mol. The molecule has 0 bridgehead atoms. The highest BCUT2D eigenvalue weighted by molar-refractivity contribution is 7.15. The van der Waals surface area contributed by atoms with E-state index in [4.69, 9.17) is 23.2 Å². The lowest BCUT2D eigenvalue weighted by atomic mass is 10.1. The van der Waals surface area contributed by atoms with Gasteiger partial charge >= 0.3 is 0 Å². The minimum absolute atomic E-state index is 0.236. The third-order valence-corrected chi connectivity index (χ3v) is 4.86. The minimum atomic E-state index is -0.236. The van der Waals surface area contributed by atoms with Gasteiger partial charge in [-0.05, 0) is 23.8 Å². The van der Waals surface area contributed by atoms with Gasteiger partial charge in [-0.1, -0.05) is 35.3 Å². The number of carbonyl (C=O) groups excluding carboxylic acids is 1. The molecule has 0 saturated carbocycles. The Morgan fingerprint density at radius 2 is 2.04 bits per heavy atom. The summed E-state index contributed by atoms with van der Waals surface area (Å²) in [5, 5.41) is 4.37. The van der Waals surface area contributed by atoms with Crippen LogP contribution in [0.25, 0.3) is 0 Å². The van der Waals surface area contributed by atoms with Gasteiger partial charge in [-0.2, -0.15) is 0 Å². The Labute approximate surface area is 147 Å². The van der Waals surface area contributed by atoms with Gasteiger partial charge in [-0.15, -0.1) is 11.3 Å². The maximum absolute atomic E-state index is 12.1. The zero-order chi connectivity index (χ0) is 16.2. The van der Waals surface area contributed by atoms with E-state index >= 15 is 0 Å². The van der Waals surface area contributed by atoms with E-state index in [2.05, 4.69) is 15.3 Å². The number of nitrogens with zero attached hydrogens (tertiary/aromatic N) is 2. The topological polar surface area (TPSA) is 54.9 Å². The number of carbonyl (C=O) groups is 1. The third-order valence-electron chi connectivity index (χ3n) is 3.09. The van der Waals surface area contributed by atoms with E-state index in [1.807, 2.05) is 12.1 Å². The highest BCUT2D eigenvalue weighted by Gasteiger charge is 2.11. The lowest BCUT2D eigenvalue weighted by molar-refractivity contribution is 0.102. The van der Waals surface area contributed by atoms with Crippen LogP contribution in [0.2, 0.25) is 10.0 Å². The lowest BCUT2D eigenvalue weighted by Crippen LogP contribution is -2.11. The summed E-state index contributed by atoms with van der Waals surface area (Å²) < 4.78 is 0. The van der Waals surface area contributed by atoms with Crippen LogP contribution < -0.4 is 5.32 Å². The van der Waals surface area contributed by atoms with Crippen molar-refractivity contribution in [2.75, 3.05) is 5.32 Å². The number of halogens is 2. The quantitative estimate of drug-likeness (QED) is 0.731. The number of hydrogen-bond acceptors (Lipinski definition) is 4. The molecule has 0 aliphatic rings. The summed E-state index contributed by atoms with van der Waals surface area (Å²) >= 11 is 13.6. The number of aromatic nitrogens is 2. The third kappa shape index (κ3) is 3.88. The number of pyridine rings is 1. The molecule has 0 radical (unpaired) electrons. The van der Waals surface area contributed by atoms with Crippen LogP contribution in [0.15, 0.2) is 48.9 Å². The van der Waals surface area contributed by atoms with Crippen LogP contribution in [0.3, 0.4) is 0 Å². The van der Waals surface area contributed by atoms with Gasteiger partial charge in [0.2, 0.25) is 0 Å². The van der Waals surface area contributed by atoms with E-state index in [1.165, 1.54) is 17.5 Å². The molecule has 0 saturated heterocycles. The smallest absolute Gasteiger partial charge is 0.259 e. The van der Waals surface area contributed by atoms with E-state index in [-0.39, 0.29) is 5.91 Å². The monoisotopic (exact) mass is 363 g/mol. The first-order valence-electron chi connectivity index (χ1n) is 6.72. The lowest BCUT2D eigenvalue weighted by Gasteiger charge is -2.03. The minimum Gasteiger partial charge on any atom is -0.298 e. The number of thiazole rings is 1. The van der Waals surface area contributed by atoms with Crippen molar-refractivity contribution in [3.63, 3.8) is 0 Å². The van der Waals surface area contributed by atoms with Gasteiger partial charge < -0.3 is 0 Å². The van der Waals surface area contributed by atoms with Crippen LogP contribution >= 0.6 is 34.5 Å². The molecule has 0 spiro atoms. The van der Waals surface area contributed by atoms with E-state index in [1.54, 1.807) is 30.6 Å². The molecule has 0 atom stereocenters. The maximum atomic E-state index is 12.1. The van der Waals surface area contributed by atoms with Gasteiger partial charge in [0.25, 0.3) is 5.91 Å². The molecule has 0 aliphatic heterocycles. The molecule has 3 aromatic rings. The Balaban J connectivity index is 1.71. The van der Waals surface area contributed by atoms with Crippen molar-refractivity contribution in [3.05, 3.63) is 75.0 Å². The van der Waals surface area contributed by atoms with Crippen molar-refractivity contribution < 1.29 is 4.79 Å². The summed E-state index contributed by atoms with van der Waals surface area (Å²) in [5.74, 6) is -0.236. The van der Waals surface area contributed by atoms with Gasteiger partial charge in [-0.3, -0.25) is 15.1 Å². The van der Waals surface area contributed by atoms with Gasteiger partial charge in [0.15, 0.2) is 5.13 Å². The highest BCUT2D eigenvalue weighted by Crippen LogP contribution is 2.29. The Hall–Kier alpha value is -1.95. The van der Waals surface area contributed by atoms with Crippen molar-refractivity contribution >= 4 is 45.6 Å². The standard InChI is InChI=1S/C16H11Cl2N3OS/c17-13-5-1-3-10(14(13)18)7-12-9-20-16(23-12)21-15(22)11-4-2-6-19-8-11/h1-6,8-9H,7H2,(H,20,21,22). The van der Waals surface area contributed by atoms with Crippen molar-refractivity contribution in [1.82, 2.24) is 9.97 Å². The number of rotatable bonds is 4. The van der Waals surface area contributed by atoms with Gasteiger partial charge in [-0.25, -0.2) is 4.98 Å². The van der Waals surface area contributed by atoms with E-state index in [0.29, 0.717) is 27.2 Å². The largest absolute Gasteiger partial charge is 0.298 e. The molecule has 0 aliphatic carbocycles. The number of benzene rings is 1. The van der Waals surface area contributed by atoms with Crippen molar-refractivity contribution in [1.29, 1.82) is 0 Å². The number of anilines is 1. The summed E-state index contributed by atoms with van der Waals surface area (Å²) in [4.78, 5) is 21.2. The fraction of sp³-hybridized carbons (Fsp3) is 0.0625. The van der Waals surface area contributed by atoms with Crippen LogP contribution in [-0.2, 0) is 6.42 Å².